The van der Waals surface area contributed by atoms with E-state index < -0.39 is 5.97 Å². The standard InChI is InChI=1S/C22H27NO3/c1-16-14-23(11-10-21(16)18-8-5-9-20(24)13-18)15-19(22(25)26)12-17-6-3-2-4-7-17/h2-9,13,16,19,21,24H,10-12,14-15H2,1H3,(H,25,26)/t16?,19-,21?/m1/s1. The molecule has 0 radical (unpaired) electrons. The molecule has 0 spiro atoms. The summed E-state index contributed by atoms with van der Waals surface area (Å²) in [6.07, 6.45) is 1.55. The van der Waals surface area contributed by atoms with Crippen LogP contribution in [-0.4, -0.2) is 40.7 Å². The quantitative estimate of drug-likeness (QED) is 0.830. The minimum Gasteiger partial charge on any atom is -0.508 e. The van der Waals surface area contributed by atoms with Gasteiger partial charge in [-0.25, -0.2) is 0 Å². The lowest BCUT2D eigenvalue weighted by Crippen LogP contribution is -2.42. The van der Waals surface area contributed by atoms with Crippen molar-refractivity contribution >= 4 is 5.97 Å². The number of aliphatic carboxylic acids is 1. The van der Waals surface area contributed by atoms with Gasteiger partial charge in [0.2, 0.25) is 0 Å². The van der Waals surface area contributed by atoms with Crippen LogP contribution in [0.15, 0.2) is 54.6 Å². The number of hydrogen-bond acceptors (Lipinski definition) is 3. The van der Waals surface area contributed by atoms with Crippen LogP contribution in [-0.2, 0) is 11.2 Å². The van der Waals surface area contributed by atoms with E-state index in [1.165, 1.54) is 5.56 Å². The van der Waals surface area contributed by atoms with E-state index in [1.54, 1.807) is 6.07 Å². The SMILES string of the molecule is CC1CN(C[C@@H](Cc2ccccc2)C(=O)O)CCC1c1cccc(O)c1. The normalized spacial score (nSPS) is 22.0. The maximum atomic E-state index is 11.7. The summed E-state index contributed by atoms with van der Waals surface area (Å²) in [7, 11) is 0. The van der Waals surface area contributed by atoms with Gasteiger partial charge in [0.15, 0.2) is 0 Å². The van der Waals surface area contributed by atoms with E-state index in [0.29, 0.717) is 30.6 Å². The summed E-state index contributed by atoms with van der Waals surface area (Å²) in [5.41, 5.74) is 2.25. The fourth-order valence-corrected chi connectivity index (χ4v) is 4.09. The third-order valence-corrected chi connectivity index (χ3v) is 5.44. The van der Waals surface area contributed by atoms with Crippen molar-refractivity contribution in [2.45, 2.75) is 25.7 Å². The number of rotatable bonds is 6. The van der Waals surface area contributed by atoms with Gasteiger partial charge in [0.05, 0.1) is 5.92 Å². The van der Waals surface area contributed by atoms with Crippen LogP contribution in [0.1, 0.15) is 30.4 Å². The maximum absolute atomic E-state index is 11.7. The first-order valence-electron chi connectivity index (χ1n) is 9.31. The Bertz CT molecular complexity index is 731. The number of aromatic hydroxyl groups is 1. The van der Waals surface area contributed by atoms with Crippen molar-refractivity contribution in [3.63, 3.8) is 0 Å². The highest BCUT2D eigenvalue weighted by Crippen LogP contribution is 2.34. The lowest BCUT2D eigenvalue weighted by Gasteiger charge is -2.38. The molecule has 26 heavy (non-hydrogen) atoms. The Labute approximate surface area is 155 Å². The molecule has 0 amide bonds. The molecule has 2 aromatic rings. The van der Waals surface area contributed by atoms with Crippen molar-refractivity contribution in [3.05, 3.63) is 65.7 Å². The number of carboxylic acids is 1. The Morgan fingerprint density at radius 2 is 1.96 bits per heavy atom. The molecule has 2 N–H and O–H groups in total. The molecule has 4 heteroatoms. The van der Waals surface area contributed by atoms with Crippen LogP contribution in [0.3, 0.4) is 0 Å². The van der Waals surface area contributed by atoms with Crippen molar-refractivity contribution in [3.8, 4) is 5.75 Å². The molecule has 1 aliphatic heterocycles. The zero-order chi connectivity index (χ0) is 18.5. The summed E-state index contributed by atoms with van der Waals surface area (Å²) < 4.78 is 0. The first-order valence-corrected chi connectivity index (χ1v) is 9.31. The first-order chi connectivity index (χ1) is 12.5. The van der Waals surface area contributed by atoms with Crippen molar-refractivity contribution in [1.82, 2.24) is 4.90 Å². The van der Waals surface area contributed by atoms with Crippen molar-refractivity contribution in [1.29, 1.82) is 0 Å². The van der Waals surface area contributed by atoms with E-state index in [1.807, 2.05) is 42.5 Å². The van der Waals surface area contributed by atoms with E-state index in [-0.39, 0.29) is 5.92 Å². The van der Waals surface area contributed by atoms with Gasteiger partial charge in [-0.1, -0.05) is 49.4 Å². The third-order valence-electron chi connectivity index (χ3n) is 5.44. The van der Waals surface area contributed by atoms with Crippen LogP contribution in [0.5, 0.6) is 5.75 Å². The lowest BCUT2D eigenvalue weighted by molar-refractivity contribution is -0.142. The monoisotopic (exact) mass is 353 g/mol. The molecule has 3 atom stereocenters. The van der Waals surface area contributed by atoms with Gasteiger partial charge in [0.25, 0.3) is 0 Å². The summed E-state index contributed by atoms with van der Waals surface area (Å²) in [6.45, 7) is 4.58. The Kier molecular flexibility index (Phi) is 5.94. The Hall–Kier alpha value is -2.33. The smallest absolute Gasteiger partial charge is 0.308 e. The van der Waals surface area contributed by atoms with Gasteiger partial charge in [0, 0.05) is 13.1 Å². The predicted octanol–water partition coefficient (Wildman–Crippen LogP) is 3.76. The van der Waals surface area contributed by atoms with Crippen molar-refractivity contribution < 1.29 is 15.0 Å². The number of carbonyl (C=O) groups is 1. The summed E-state index contributed by atoms with van der Waals surface area (Å²) in [5.74, 6) is 0.0388. The molecule has 1 saturated heterocycles. The molecular weight excluding hydrogens is 326 g/mol. The average molecular weight is 353 g/mol. The van der Waals surface area contributed by atoms with Gasteiger partial charge in [-0.05, 0) is 54.5 Å². The molecule has 1 fully saturated rings. The van der Waals surface area contributed by atoms with E-state index >= 15 is 0 Å². The molecular formula is C22H27NO3. The van der Waals surface area contributed by atoms with Crippen molar-refractivity contribution in [2.24, 2.45) is 11.8 Å². The molecule has 1 aliphatic rings. The van der Waals surface area contributed by atoms with Crippen LogP contribution < -0.4 is 0 Å². The van der Waals surface area contributed by atoms with Crippen LogP contribution in [0.25, 0.3) is 0 Å². The Balaban J connectivity index is 1.61. The van der Waals surface area contributed by atoms with E-state index in [4.69, 9.17) is 0 Å². The molecule has 0 aromatic heterocycles. The minimum atomic E-state index is -0.725. The number of likely N-dealkylation sites (tertiary alicyclic amines) is 1. The second-order valence-corrected chi connectivity index (χ2v) is 7.45. The summed E-state index contributed by atoms with van der Waals surface area (Å²) in [5, 5.41) is 19.4. The largest absolute Gasteiger partial charge is 0.508 e. The molecule has 0 saturated carbocycles. The zero-order valence-electron chi connectivity index (χ0n) is 15.2. The molecule has 0 bridgehead atoms. The summed E-state index contributed by atoms with van der Waals surface area (Å²) in [4.78, 5) is 14.0. The molecule has 0 aliphatic carbocycles. The highest BCUT2D eigenvalue weighted by Gasteiger charge is 2.30. The maximum Gasteiger partial charge on any atom is 0.308 e. The second kappa shape index (κ2) is 8.37. The lowest BCUT2D eigenvalue weighted by atomic mass is 9.81. The average Bonchev–Trinajstić information content (AvgIpc) is 2.62. The van der Waals surface area contributed by atoms with Crippen LogP contribution in [0.4, 0.5) is 0 Å². The van der Waals surface area contributed by atoms with Gasteiger partial charge >= 0.3 is 5.97 Å². The molecule has 2 unspecified atom stereocenters. The number of benzene rings is 2. The Morgan fingerprint density at radius 3 is 2.62 bits per heavy atom. The molecule has 4 nitrogen and oxygen atoms in total. The number of hydrogen-bond donors (Lipinski definition) is 2. The van der Waals surface area contributed by atoms with Crippen molar-refractivity contribution in [2.75, 3.05) is 19.6 Å². The van der Waals surface area contributed by atoms with Crippen LogP contribution in [0.2, 0.25) is 0 Å². The van der Waals surface area contributed by atoms with E-state index in [9.17, 15) is 15.0 Å². The van der Waals surface area contributed by atoms with Crippen LogP contribution >= 0.6 is 0 Å². The fraction of sp³-hybridized carbons (Fsp3) is 0.409. The van der Waals surface area contributed by atoms with Gasteiger partial charge in [-0.3, -0.25) is 4.79 Å². The second-order valence-electron chi connectivity index (χ2n) is 7.45. The fourth-order valence-electron chi connectivity index (χ4n) is 4.09. The summed E-state index contributed by atoms with van der Waals surface area (Å²) in [6, 6.07) is 17.4. The number of carboxylic acid groups (broad SMARTS) is 1. The van der Waals surface area contributed by atoms with Gasteiger partial charge < -0.3 is 15.1 Å². The van der Waals surface area contributed by atoms with Gasteiger partial charge in [-0.15, -0.1) is 0 Å². The zero-order valence-corrected chi connectivity index (χ0v) is 15.2. The Morgan fingerprint density at radius 1 is 1.19 bits per heavy atom. The minimum absolute atomic E-state index is 0.311. The molecule has 2 aromatic carbocycles. The van der Waals surface area contributed by atoms with Gasteiger partial charge in [-0.2, -0.15) is 0 Å². The molecule has 1 heterocycles. The van der Waals surface area contributed by atoms with E-state index in [0.717, 1.165) is 25.1 Å². The summed E-state index contributed by atoms with van der Waals surface area (Å²) >= 11 is 0. The number of nitrogens with zero attached hydrogens (tertiary/aromatic N) is 1. The highest BCUT2D eigenvalue weighted by molar-refractivity contribution is 5.70. The first kappa shape index (κ1) is 18.5. The highest BCUT2D eigenvalue weighted by atomic mass is 16.4. The number of piperidine rings is 1. The molecule has 3 rings (SSSR count). The molecule has 138 valence electrons. The third kappa shape index (κ3) is 4.64. The van der Waals surface area contributed by atoms with Crippen LogP contribution in [0, 0.1) is 11.8 Å². The van der Waals surface area contributed by atoms with E-state index in [2.05, 4.69) is 17.9 Å². The topological polar surface area (TPSA) is 60.8 Å². The van der Waals surface area contributed by atoms with Gasteiger partial charge in [0.1, 0.15) is 5.75 Å². The number of phenols is 1. The number of phenolic OH excluding ortho intramolecular Hbond substituents is 1. The predicted molar refractivity (Wildman–Crippen MR) is 102 cm³/mol.